The van der Waals surface area contributed by atoms with E-state index in [0.29, 0.717) is 5.69 Å². The third-order valence-corrected chi connectivity index (χ3v) is 1.63. The van der Waals surface area contributed by atoms with Gasteiger partial charge < -0.3 is 9.84 Å². The first-order valence-electron chi connectivity index (χ1n) is 3.39. The minimum Gasteiger partial charge on any atom is -0.496 e. The third kappa shape index (κ3) is 2.09. The standard InChI is InChI=1S/C8H11NO2.ClH/c1-6-7(5-10)9-4-3-8(6)11-2;/h3-4,10H,5H2,1-2H3;1H. The summed E-state index contributed by atoms with van der Waals surface area (Å²) in [6.07, 6.45) is 1.62. The Bertz CT molecular complexity index is 231. The van der Waals surface area contributed by atoms with Crippen molar-refractivity contribution < 1.29 is 9.84 Å². The molecule has 4 heteroatoms. The lowest BCUT2D eigenvalue weighted by molar-refractivity contribution is 0.274. The van der Waals surface area contributed by atoms with Crippen LogP contribution in [-0.2, 0) is 6.61 Å². The zero-order valence-electron chi connectivity index (χ0n) is 7.07. The van der Waals surface area contributed by atoms with Crippen LogP contribution in [0.1, 0.15) is 11.3 Å². The van der Waals surface area contributed by atoms with Gasteiger partial charge in [-0.3, -0.25) is 4.98 Å². The van der Waals surface area contributed by atoms with E-state index in [1.807, 2.05) is 6.92 Å². The first-order valence-corrected chi connectivity index (χ1v) is 3.39. The highest BCUT2D eigenvalue weighted by Crippen LogP contribution is 2.18. The van der Waals surface area contributed by atoms with Crippen molar-refractivity contribution in [2.75, 3.05) is 7.11 Å². The Balaban J connectivity index is 0.00000121. The molecule has 1 aromatic heterocycles. The van der Waals surface area contributed by atoms with Crippen molar-refractivity contribution in [2.24, 2.45) is 0 Å². The summed E-state index contributed by atoms with van der Waals surface area (Å²) in [5.74, 6) is 0.768. The molecule has 3 nitrogen and oxygen atoms in total. The van der Waals surface area contributed by atoms with Gasteiger partial charge in [0.25, 0.3) is 0 Å². The number of halogens is 1. The largest absolute Gasteiger partial charge is 0.496 e. The lowest BCUT2D eigenvalue weighted by atomic mass is 10.2. The zero-order valence-corrected chi connectivity index (χ0v) is 7.89. The van der Waals surface area contributed by atoms with Gasteiger partial charge in [0.1, 0.15) is 5.75 Å². The van der Waals surface area contributed by atoms with Gasteiger partial charge in [0.15, 0.2) is 0 Å². The van der Waals surface area contributed by atoms with Crippen molar-refractivity contribution in [3.8, 4) is 5.75 Å². The summed E-state index contributed by atoms with van der Waals surface area (Å²) in [6.45, 7) is 1.83. The summed E-state index contributed by atoms with van der Waals surface area (Å²) >= 11 is 0. The Morgan fingerprint density at radius 3 is 2.75 bits per heavy atom. The summed E-state index contributed by atoms with van der Waals surface area (Å²) in [6, 6.07) is 1.77. The monoisotopic (exact) mass is 189 g/mol. The lowest BCUT2D eigenvalue weighted by Gasteiger charge is -2.05. The Labute approximate surface area is 77.8 Å². The molecule has 68 valence electrons. The SMILES string of the molecule is COc1ccnc(CO)c1C.Cl. The van der Waals surface area contributed by atoms with Gasteiger partial charge in [-0.1, -0.05) is 0 Å². The number of ether oxygens (including phenoxy) is 1. The topological polar surface area (TPSA) is 42.4 Å². The number of nitrogens with zero attached hydrogens (tertiary/aromatic N) is 1. The van der Waals surface area contributed by atoms with Crippen LogP contribution in [0.5, 0.6) is 5.75 Å². The molecule has 0 unspecified atom stereocenters. The van der Waals surface area contributed by atoms with Gasteiger partial charge >= 0.3 is 0 Å². The molecule has 0 bridgehead atoms. The molecule has 1 rings (SSSR count). The van der Waals surface area contributed by atoms with Crippen molar-refractivity contribution in [1.29, 1.82) is 0 Å². The predicted molar refractivity (Wildman–Crippen MR) is 48.7 cm³/mol. The smallest absolute Gasteiger partial charge is 0.125 e. The molecule has 0 fully saturated rings. The summed E-state index contributed by atoms with van der Waals surface area (Å²) in [4.78, 5) is 3.98. The fourth-order valence-corrected chi connectivity index (χ4v) is 0.940. The Kier molecular flexibility index (Phi) is 4.62. The highest BCUT2D eigenvalue weighted by atomic mass is 35.5. The van der Waals surface area contributed by atoms with Gasteiger partial charge in [-0.05, 0) is 13.0 Å². The van der Waals surface area contributed by atoms with Crippen LogP contribution < -0.4 is 4.74 Å². The van der Waals surface area contributed by atoms with Crippen LogP contribution in [0.25, 0.3) is 0 Å². The molecule has 0 aliphatic heterocycles. The number of aromatic nitrogens is 1. The molecule has 0 aliphatic rings. The predicted octanol–water partition coefficient (Wildman–Crippen LogP) is 1.31. The summed E-state index contributed by atoms with van der Waals surface area (Å²) in [5, 5.41) is 8.82. The van der Waals surface area contributed by atoms with Crippen LogP contribution >= 0.6 is 12.4 Å². The quantitative estimate of drug-likeness (QED) is 0.763. The number of aliphatic hydroxyl groups excluding tert-OH is 1. The first-order chi connectivity index (χ1) is 5.29. The van der Waals surface area contributed by atoms with Gasteiger partial charge in [-0.25, -0.2) is 0 Å². The molecule has 0 atom stereocenters. The number of pyridine rings is 1. The van der Waals surface area contributed by atoms with Crippen LogP contribution in [0.15, 0.2) is 12.3 Å². The van der Waals surface area contributed by atoms with Gasteiger partial charge in [0.05, 0.1) is 19.4 Å². The Morgan fingerprint density at radius 2 is 2.25 bits per heavy atom. The van der Waals surface area contributed by atoms with Crippen LogP contribution in [0.3, 0.4) is 0 Å². The van der Waals surface area contributed by atoms with Gasteiger partial charge in [-0.2, -0.15) is 0 Å². The lowest BCUT2D eigenvalue weighted by Crippen LogP contribution is -1.96. The van der Waals surface area contributed by atoms with Crippen LogP contribution in [0.2, 0.25) is 0 Å². The fraction of sp³-hybridized carbons (Fsp3) is 0.375. The van der Waals surface area contributed by atoms with E-state index in [1.165, 1.54) is 0 Å². The summed E-state index contributed by atoms with van der Waals surface area (Å²) < 4.78 is 5.04. The van der Waals surface area contributed by atoms with E-state index in [4.69, 9.17) is 9.84 Å². The van der Waals surface area contributed by atoms with E-state index in [2.05, 4.69) is 4.98 Å². The van der Waals surface area contributed by atoms with Gasteiger partial charge in [0.2, 0.25) is 0 Å². The number of aliphatic hydroxyl groups is 1. The van der Waals surface area contributed by atoms with E-state index in [1.54, 1.807) is 19.4 Å². The molecule has 12 heavy (non-hydrogen) atoms. The average Bonchev–Trinajstić information content (AvgIpc) is 2.05. The van der Waals surface area contributed by atoms with E-state index < -0.39 is 0 Å². The van der Waals surface area contributed by atoms with Crippen molar-refractivity contribution >= 4 is 12.4 Å². The second kappa shape index (κ2) is 4.95. The molecule has 1 heterocycles. The number of rotatable bonds is 2. The number of hydrogen-bond acceptors (Lipinski definition) is 3. The molecule has 0 saturated heterocycles. The highest BCUT2D eigenvalue weighted by Gasteiger charge is 2.02. The maximum Gasteiger partial charge on any atom is 0.125 e. The molecule has 1 N–H and O–H groups in total. The highest BCUT2D eigenvalue weighted by molar-refractivity contribution is 5.85. The van der Waals surface area contributed by atoms with Crippen molar-refractivity contribution in [3.05, 3.63) is 23.5 Å². The second-order valence-corrected chi connectivity index (χ2v) is 2.24. The Morgan fingerprint density at radius 1 is 1.58 bits per heavy atom. The van der Waals surface area contributed by atoms with E-state index in [0.717, 1.165) is 11.3 Å². The molecular weight excluding hydrogens is 178 g/mol. The molecule has 0 amide bonds. The molecule has 0 aliphatic carbocycles. The van der Waals surface area contributed by atoms with E-state index in [9.17, 15) is 0 Å². The average molecular weight is 190 g/mol. The molecular formula is C8H12ClNO2. The van der Waals surface area contributed by atoms with Crippen molar-refractivity contribution in [2.45, 2.75) is 13.5 Å². The maximum atomic E-state index is 8.82. The van der Waals surface area contributed by atoms with Crippen molar-refractivity contribution in [3.63, 3.8) is 0 Å². The van der Waals surface area contributed by atoms with E-state index in [-0.39, 0.29) is 19.0 Å². The van der Waals surface area contributed by atoms with E-state index >= 15 is 0 Å². The fourth-order valence-electron chi connectivity index (χ4n) is 0.940. The summed E-state index contributed by atoms with van der Waals surface area (Å²) in [7, 11) is 1.60. The number of methoxy groups -OCH3 is 1. The number of hydrogen-bond donors (Lipinski definition) is 1. The van der Waals surface area contributed by atoms with Crippen LogP contribution in [0, 0.1) is 6.92 Å². The molecule has 1 aromatic rings. The van der Waals surface area contributed by atoms with Crippen LogP contribution in [0.4, 0.5) is 0 Å². The Hall–Kier alpha value is -0.800. The van der Waals surface area contributed by atoms with Crippen LogP contribution in [-0.4, -0.2) is 17.2 Å². The first kappa shape index (κ1) is 11.2. The van der Waals surface area contributed by atoms with Crippen molar-refractivity contribution in [1.82, 2.24) is 4.98 Å². The summed E-state index contributed by atoms with van der Waals surface area (Å²) in [5.41, 5.74) is 1.57. The third-order valence-electron chi connectivity index (χ3n) is 1.63. The van der Waals surface area contributed by atoms with Gasteiger partial charge in [0, 0.05) is 11.8 Å². The molecule has 0 spiro atoms. The molecule has 0 radical (unpaired) electrons. The maximum absolute atomic E-state index is 8.82. The zero-order chi connectivity index (χ0) is 8.27. The van der Waals surface area contributed by atoms with Gasteiger partial charge in [-0.15, -0.1) is 12.4 Å². The normalized spacial score (nSPS) is 8.92. The second-order valence-electron chi connectivity index (χ2n) is 2.24. The molecule has 0 aromatic carbocycles. The minimum absolute atomic E-state index is 0. The minimum atomic E-state index is -0.0387. The molecule has 0 saturated carbocycles.